The van der Waals surface area contributed by atoms with Gasteiger partial charge in [0.15, 0.2) is 5.78 Å². The fourth-order valence-corrected chi connectivity index (χ4v) is 1.41. The lowest BCUT2D eigenvalue weighted by atomic mass is 10.0. The van der Waals surface area contributed by atoms with E-state index in [2.05, 4.69) is 0 Å². The summed E-state index contributed by atoms with van der Waals surface area (Å²) >= 11 is 0. The lowest BCUT2D eigenvalue weighted by Gasteiger charge is -2.04. The minimum Gasteiger partial charge on any atom is -0.462 e. The largest absolute Gasteiger partial charge is 0.462 e. The average molecular weight is 251 g/mol. The van der Waals surface area contributed by atoms with E-state index in [1.807, 2.05) is 0 Å². The van der Waals surface area contributed by atoms with E-state index >= 15 is 0 Å². The Morgan fingerprint density at radius 2 is 1.83 bits per heavy atom. The Balaban J connectivity index is 3.26. The van der Waals surface area contributed by atoms with E-state index in [1.165, 1.54) is 6.07 Å². The number of esters is 1. The first kappa shape index (κ1) is 13.8. The Bertz CT molecular complexity index is 495. The predicted molar refractivity (Wildman–Crippen MR) is 63.7 cm³/mol. The molecule has 1 aromatic carbocycles. The molecule has 0 aliphatic rings. The van der Waals surface area contributed by atoms with Gasteiger partial charge in [-0.2, -0.15) is 0 Å². The van der Waals surface area contributed by atoms with Crippen LogP contribution in [0.4, 0.5) is 5.69 Å². The van der Waals surface area contributed by atoms with Gasteiger partial charge in [-0.1, -0.05) is 6.92 Å². The highest BCUT2D eigenvalue weighted by molar-refractivity contribution is 6.00. The number of carbonyl (C=O) groups is 2. The monoisotopic (exact) mass is 251 g/mol. The molecule has 0 N–H and O–H groups in total. The SMILES string of the molecule is CCOC(=O)c1cc(C(=O)CC)cc([N+](=O)[O-])c1. The molecule has 1 aromatic rings. The van der Waals surface area contributed by atoms with Crippen LogP contribution < -0.4 is 0 Å². The maximum Gasteiger partial charge on any atom is 0.338 e. The Hall–Kier alpha value is -2.24. The molecular weight excluding hydrogens is 238 g/mol. The molecule has 0 unspecified atom stereocenters. The number of benzene rings is 1. The molecule has 0 aliphatic heterocycles. The van der Waals surface area contributed by atoms with Crippen molar-refractivity contribution in [2.45, 2.75) is 20.3 Å². The van der Waals surface area contributed by atoms with Crippen molar-refractivity contribution >= 4 is 17.4 Å². The third-order valence-corrected chi connectivity index (χ3v) is 2.28. The van der Waals surface area contributed by atoms with Crippen molar-refractivity contribution in [2.75, 3.05) is 6.61 Å². The zero-order valence-electron chi connectivity index (χ0n) is 10.1. The summed E-state index contributed by atoms with van der Waals surface area (Å²) in [7, 11) is 0. The number of non-ortho nitro benzene ring substituents is 1. The first-order valence-electron chi connectivity index (χ1n) is 5.49. The lowest BCUT2D eigenvalue weighted by Crippen LogP contribution is -2.08. The van der Waals surface area contributed by atoms with Crippen molar-refractivity contribution in [1.29, 1.82) is 0 Å². The standard InChI is InChI=1S/C12H13NO5/c1-3-11(14)8-5-9(12(15)18-4-2)7-10(6-8)13(16)17/h5-7H,3-4H2,1-2H3. The molecule has 0 saturated carbocycles. The van der Waals surface area contributed by atoms with Crippen molar-refractivity contribution in [2.24, 2.45) is 0 Å². The number of hydrogen-bond donors (Lipinski definition) is 0. The summed E-state index contributed by atoms with van der Waals surface area (Å²) in [6.45, 7) is 3.44. The van der Waals surface area contributed by atoms with Crippen molar-refractivity contribution in [3.63, 3.8) is 0 Å². The Kier molecular flexibility index (Phi) is 4.53. The molecule has 0 bridgehead atoms. The highest BCUT2D eigenvalue weighted by Crippen LogP contribution is 2.19. The number of nitro groups is 1. The number of Topliss-reactive ketones (excluding diaryl/α,β-unsaturated/α-hetero) is 1. The smallest absolute Gasteiger partial charge is 0.338 e. The number of hydrogen-bond acceptors (Lipinski definition) is 5. The van der Waals surface area contributed by atoms with Crippen LogP contribution in [0.15, 0.2) is 18.2 Å². The minimum atomic E-state index is -0.675. The summed E-state index contributed by atoms with van der Waals surface area (Å²) in [6.07, 6.45) is 0.212. The zero-order chi connectivity index (χ0) is 13.7. The van der Waals surface area contributed by atoms with Gasteiger partial charge in [0.25, 0.3) is 5.69 Å². The van der Waals surface area contributed by atoms with Gasteiger partial charge >= 0.3 is 5.97 Å². The normalized spacial score (nSPS) is 9.89. The van der Waals surface area contributed by atoms with E-state index < -0.39 is 10.9 Å². The summed E-state index contributed by atoms with van der Waals surface area (Å²) < 4.78 is 4.76. The van der Waals surface area contributed by atoms with Crippen LogP contribution in [-0.4, -0.2) is 23.3 Å². The number of ether oxygens (including phenoxy) is 1. The number of ketones is 1. The second-order valence-corrected chi connectivity index (χ2v) is 3.52. The van der Waals surface area contributed by atoms with Gasteiger partial charge in [0.2, 0.25) is 0 Å². The molecule has 6 heteroatoms. The molecule has 0 aliphatic carbocycles. The Morgan fingerprint density at radius 1 is 1.22 bits per heavy atom. The molecule has 0 aromatic heterocycles. The molecule has 0 fully saturated rings. The number of rotatable bonds is 5. The highest BCUT2D eigenvalue weighted by atomic mass is 16.6. The van der Waals surface area contributed by atoms with Crippen molar-refractivity contribution in [3.8, 4) is 0 Å². The van der Waals surface area contributed by atoms with E-state index in [9.17, 15) is 19.7 Å². The zero-order valence-corrected chi connectivity index (χ0v) is 10.1. The second-order valence-electron chi connectivity index (χ2n) is 3.52. The molecule has 96 valence electrons. The maximum atomic E-state index is 11.5. The van der Waals surface area contributed by atoms with Crippen LogP contribution in [0, 0.1) is 10.1 Å². The number of nitrogens with zero attached hydrogens (tertiary/aromatic N) is 1. The van der Waals surface area contributed by atoms with Crippen LogP contribution in [0.25, 0.3) is 0 Å². The molecule has 18 heavy (non-hydrogen) atoms. The molecule has 6 nitrogen and oxygen atoms in total. The van der Waals surface area contributed by atoms with Gasteiger partial charge in [0, 0.05) is 24.1 Å². The fraction of sp³-hybridized carbons (Fsp3) is 0.333. The topological polar surface area (TPSA) is 86.5 Å². The Morgan fingerprint density at radius 3 is 2.33 bits per heavy atom. The van der Waals surface area contributed by atoms with Gasteiger partial charge in [0.05, 0.1) is 17.1 Å². The van der Waals surface area contributed by atoms with Crippen LogP contribution in [0.1, 0.15) is 41.0 Å². The van der Waals surface area contributed by atoms with Crippen LogP contribution in [0.5, 0.6) is 0 Å². The van der Waals surface area contributed by atoms with E-state index in [0.29, 0.717) is 0 Å². The maximum absolute atomic E-state index is 11.5. The highest BCUT2D eigenvalue weighted by Gasteiger charge is 2.17. The van der Waals surface area contributed by atoms with Gasteiger partial charge < -0.3 is 4.74 Å². The van der Waals surface area contributed by atoms with E-state index in [0.717, 1.165) is 12.1 Å². The molecule has 0 atom stereocenters. The first-order valence-corrected chi connectivity index (χ1v) is 5.49. The second kappa shape index (κ2) is 5.90. The van der Waals surface area contributed by atoms with Crippen molar-refractivity contribution < 1.29 is 19.2 Å². The summed E-state index contributed by atoms with van der Waals surface area (Å²) in [4.78, 5) is 33.2. The summed E-state index contributed by atoms with van der Waals surface area (Å²) in [5, 5.41) is 10.7. The third-order valence-electron chi connectivity index (χ3n) is 2.28. The molecule has 0 amide bonds. The molecule has 0 saturated heterocycles. The van der Waals surface area contributed by atoms with E-state index in [1.54, 1.807) is 13.8 Å². The number of carbonyl (C=O) groups excluding carboxylic acids is 2. The lowest BCUT2D eigenvalue weighted by molar-refractivity contribution is -0.384. The van der Waals surface area contributed by atoms with Gasteiger partial charge in [-0.3, -0.25) is 14.9 Å². The molecule has 0 spiro atoms. The van der Waals surface area contributed by atoms with Gasteiger partial charge in [-0.25, -0.2) is 4.79 Å². The first-order chi connectivity index (χ1) is 8.49. The van der Waals surface area contributed by atoms with E-state index in [4.69, 9.17) is 4.74 Å². The van der Waals surface area contributed by atoms with Gasteiger partial charge in [-0.15, -0.1) is 0 Å². The quantitative estimate of drug-likeness (QED) is 0.347. The van der Waals surface area contributed by atoms with Crippen LogP contribution >= 0.6 is 0 Å². The Labute approximate surface area is 104 Å². The minimum absolute atomic E-state index is 0.0165. The van der Waals surface area contributed by atoms with Gasteiger partial charge in [0.1, 0.15) is 0 Å². The number of nitro benzene ring substituents is 1. The predicted octanol–water partition coefficient (Wildman–Crippen LogP) is 2.36. The van der Waals surface area contributed by atoms with Gasteiger partial charge in [-0.05, 0) is 13.0 Å². The summed E-state index contributed by atoms with van der Waals surface area (Å²) in [6, 6.07) is 3.58. The van der Waals surface area contributed by atoms with E-state index in [-0.39, 0.29) is 35.6 Å². The molecule has 0 heterocycles. The van der Waals surface area contributed by atoms with Crippen LogP contribution in [0.2, 0.25) is 0 Å². The van der Waals surface area contributed by atoms with Crippen LogP contribution in [0.3, 0.4) is 0 Å². The fourth-order valence-electron chi connectivity index (χ4n) is 1.41. The molecular formula is C12H13NO5. The van der Waals surface area contributed by atoms with Crippen LogP contribution in [-0.2, 0) is 4.74 Å². The van der Waals surface area contributed by atoms with Crippen molar-refractivity contribution in [3.05, 3.63) is 39.4 Å². The molecule has 1 rings (SSSR count). The third kappa shape index (κ3) is 3.13. The summed E-state index contributed by atoms with van der Waals surface area (Å²) in [5.41, 5.74) is -0.130. The molecule has 0 radical (unpaired) electrons. The van der Waals surface area contributed by atoms with Crippen molar-refractivity contribution in [1.82, 2.24) is 0 Å². The average Bonchev–Trinajstić information content (AvgIpc) is 2.37. The summed E-state index contributed by atoms with van der Waals surface area (Å²) in [5.74, 6) is -0.935.